The standard InChI is InChI=1S/C22H16N2O2S/c25-20-14-27-22(24(20)17-9-5-2-6-10-17)18-13-16(15-7-3-1-4-8-15)11-12-19(18)23-21(22)26/h1-13H,14H2,(H,23,26). The van der Waals surface area contributed by atoms with E-state index in [2.05, 4.69) is 5.32 Å². The fourth-order valence-electron chi connectivity index (χ4n) is 3.81. The molecule has 2 amide bonds. The van der Waals surface area contributed by atoms with E-state index in [4.69, 9.17) is 0 Å². The minimum Gasteiger partial charge on any atom is -0.323 e. The quantitative estimate of drug-likeness (QED) is 0.732. The number of rotatable bonds is 2. The number of benzene rings is 3. The van der Waals surface area contributed by atoms with Gasteiger partial charge in [0.2, 0.25) is 10.8 Å². The van der Waals surface area contributed by atoms with Crippen molar-refractivity contribution in [3.05, 3.63) is 84.4 Å². The molecule has 0 radical (unpaired) electrons. The normalized spacial score (nSPS) is 20.8. The summed E-state index contributed by atoms with van der Waals surface area (Å²) >= 11 is 1.38. The van der Waals surface area contributed by atoms with Crippen LogP contribution >= 0.6 is 11.8 Å². The molecule has 27 heavy (non-hydrogen) atoms. The van der Waals surface area contributed by atoms with Gasteiger partial charge in [0.15, 0.2) is 0 Å². The highest BCUT2D eigenvalue weighted by molar-refractivity contribution is 8.02. The zero-order valence-corrected chi connectivity index (χ0v) is 15.2. The molecule has 132 valence electrons. The van der Waals surface area contributed by atoms with Crippen molar-refractivity contribution in [2.24, 2.45) is 0 Å². The molecule has 4 nitrogen and oxygen atoms in total. The summed E-state index contributed by atoms with van der Waals surface area (Å²) in [6.45, 7) is 0. The molecule has 0 bridgehead atoms. The van der Waals surface area contributed by atoms with Crippen LogP contribution in [-0.2, 0) is 14.5 Å². The maximum atomic E-state index is 13.1. The minimum absolute atomic E-state index is 0.0562. The monoisotopic (exact) mass is 372 g/mol. The average molecular weight is 372 g/mol. The van der Waals surface area contributed by atoms with Crippen LogP contribution in [0, 0.1) is 0 Å². The lowest BCUT2D eigenvalue weighted by Gasteiger charge is -2.32. The summed E-state index contributed by atoms with van der Waals surface area (Å²) < 4.78 is 0. The van der Waals surface area contributed by atoms with Gasteiger partial charge < -0.3 is 5.32 Å². The first-order valence-electron chi connectivity index (χ1n) is 8.73. The Morgan fingerprint density at radius 2 is 1.56 bits per heavy atom. The molecule has 0 aliphatic carbocycles. The molecule has 2 aliphatic heterocycles. The Balaban J connectivity index is 1.70. The van der Waals surface area contributed by atoms with Crippen molar-refractivity contribution >= 4 is 35.0 Å². The van der Waals surface area contributed by atoms with E-state index in [1.165, 1.54) is 11.8 Å². The first-order valence-corrected chi connectivity index (χ1v) is 9.72. The van der Waals surface area contributed by atoms with Crippen molar-refractivity contribution in [3.63, 3.8) is 0 Å². The Morgan fingerprint density at radius 1 is 0.852 bits per heavy atom. The molecule has 1 spiro atoms. The van der Waals surface area contributed by atoms with E-state index in [1.807, 2.05) is 78.9 Å². The largest absolute Gasteiger partial charge is 0.323 e. The predicted molar refractivity (Wildman–Crippen MR) is 109 cm³/mol. The Morgan fingerprint density at radius 3 is 2.30 bits per heavy atom. The first-order chi connectivity index (χ1) is 13.2. The Kier molecular flexibility index (Phi) is 3.58. The Bertz CT molecular complexity index is 1050. The van der Waals surface area contributed by atoms with Crippen LogP contribution in [0.2, 0.25) is 0 Å². The van der Waals surface area contributed by atoms with Crippen molar-refractivity contribution in [2.45, 2.75) is 4.87 Å². The topological polar surface area (TPSA) is 49.4 Å². The molecule has 2 aliphatic rings. The van der Waals surface area contributed by atoms with Crippen LogP contribution in [0.25, 0.3) is 11.1 Å². The van der Waals surface area contributed by atoms with Gasteiger partial charge in [-0.05, 0) is 35.4 Å². The minimum atomic E-state index is -1.06. The van der Waals surface area contributed by atoms with E-state index in [0.29, 0.717) is 0 Å². The number of hydrogen-bond donors (Lipinski definition) is 1. The third-order valence-corrected chi connectivity index (χ3v) is 6.43. The lowest BCUT2D eigenvalue weighted by Crippen LogP contribution is -2.47. The average Bonchev–Trinajstić information content (AvgIpc) is 3.21. The SMILES string of the molecule is O=C1CSC2(C(=O)Nc3ccc(-c4ccccc4)cc32)N1c1ccccc1. The second kappa shape index (κ2) is 5.99. The number of carbonyl (C=O) groups is 2. The summed E-state index contributed by atoms with van der Waals surface area (Å²) in [6.07, 6.45) is 0. The third kappa shape index (κ3) is 2.32. The molecule has 1 saturated heterocycles. The fourth-order valence-corrected chi connectivity index (χ4v) is 5.12. The van der Waals surface area contributed by atoms with Crippen LogP contribution in [0.3, 0.4) is 0 Å². The number of fused-ring (bicyclic) bond motifs is 2. The number of hydrogen-bond acceptors (Lipinski definition) is 3. The maximum Gasteiger partial charge on any atom is 0.266 e. The molecule has 0 aromatic heterocycles. The Hall–Kier alpha value is -3.05. The van der Waals surface area contributed by atoms with Crippen LogP contribution in [0.4, 0.5) is 11.4 Å². The van der Waals surface area contributed by atoms with E-state index < -0.39 is 4.87 Å². The molecule has 0 saturated carbocycles. The molecule has 1 fully saturated rings. The lowest BCUT2D eigenvalue weighted by molar-refractivity contribution is -0.122. The number of para-hydroxylation sites is 1. The van der Waals surface area contributed by atoms with E-state index >= 15 is 0 Å². The van der Waals surface area contributed by atoms with E-state index in [-0.39, 0.29) is 17.6 Å². The van der Waals surface area contributed by atoms with Gasteiger partial charge in [0.25, 0.3) is 5.91 Å². The number of nitrogens with one attached hydrogen (secondary N) is 1. The van der Waals surface area contributed by atoms with Gasteiger partial charge in [0, 0.05) is 16.9 Å². The molecular weight excluding hydrogens is 356 g/mol. The highest BCUT2D eigenvalue weighted by Crippen LogP contribution is 2.54. The maximum absolute atomic E-state index is 13.1. The van der Waals surface area contributed by atoms with Gasteiger partial charge in [-0.25, -0.2) is 0 Å². The summed E-state index contributed by atoms with van der Waals surface area (Å²) in [6, 6.07) is 25.4. The molecule has 5 rings (SSSR count). The van der Waals surface area contributed by atoms with Crippen LogP contribution in [0.5, 0.6) is 0 Å². The van der Waals surface area contributed by atoms with Gasteiger partial charge >= 0.3 is 0 Å². The number of anilines is 2. The summed E-state index contributed by atoms with van der Waals surface area (Å²) in [4.78, 5) is 26.5. The molecule has 5 heteroatoms. The number of nitrogens with zero attached hydrogens (tertiary/aromatic N) is 1. The third-order valence-electron chi connectivity index (χ3n) is 5.03. The summed E-state index contributed by atoms with van der Waals surface area (Å²) in [5.74, 6) is 0.0545. The molecule has 2 heterocycles. The highest BCUT2D eigenvalue weighted by atomic mass is 32.2. The molecule has 3 aromatic rings. The van der Waals surface area contributed by atoms with Crippen molar-refractivity contribution in [1.29, 1.82) is 0 Å². The summed E-state index contributed by atoms with van der Waals surface area (Å²) in [5, 5.41) is 2.98. The van der Waals surface area contributed by atoms with Gasteiger partial charge in [-0.1, -0.05) is 54.6 Å². The van der Waals surface area contributed by atoms with Gasteiger partial charge in [-0.15, -0.1) is 11.8 Å². The van der Waals surface area contributed by atoms with Crippen molar-refractivity contribution < 1.29 is 9.59 Å². The van der Waals surface area contributed by atoms with Gasteiger partial charge in [0.1, 0.15) is 0 Å². The Labute approximate surface area is 161 Å². The highest BCUT2D eigenvalue weighted by Gasteiger charge is 2.58. The van der Waals surface area contributed by atoms with E-state index in [1.54, 1.807) is 4.90 Å². The molecule has 1 N–H and O–H groups in total. The van der Waals surface area contributed by atoms with Crippen molar-refractivity contribution in [1.82, 2.24) is 0 Å². The zero-order valence-electron chi connectivity index (χ0n) is 14.4. The van der Waals surface area contributed by atoms with Crippen LogP contribution in [0.15, 0.2) is 78.9 Å². The van der Waals surface area contributed by atoms with Crippen LogP contribution in [0.1, 0.15) is 5.56 Å². The number of carbonyl (C=O) groups excluding carboxylic acids is 2. The predicted octanol–water partition coefficient (Wildman–Crippen LogP) is 4.24. The fraction of sp³-hybridized carbons (Fsp3) is 0.0909. The smallest absolute Gasteiger partial charge is 0.266 e. The van der Waals surface area contributed by atoms with Crippen LogP contribution in [-0.4, -0.2) is 17.6 Å². The molecule has 1 unspecified atom stereocenters. The van der Waals surface area contributed by atoms with Crippen molar-refractivity contribution in [2.75, 3.05) is 16.0 Å². The van der Waals surface area contributed by atoms with Crippen molar-refractivity contribution in [3.8, 4) is 11.1 Å². The number of thioether (sulfide) groups is 1. The first kappa shape index (κ1) is 16.1. The van der Waals surface area contributed by atoms with Gasteiger partial charge in [0.05, 0.1) is 5.75 Å². The van der Waals surface area contributed by atoms with Crippen LogP contribution < -0.4 is 10.2 Å². The summed E-state index contributed by atoms with van der Waals surface area (Å²) in [5.41, 5.74) is 4.45. The number of amides is 2. The van der Waals surface area contributed by atoms with E-state index in [0.717, 1.165) is 28.1 Å². The second-order valence-electron chi connectivity index (χ2n) is 6.58. The second-order valence-corrected chi connectivity index (χ2v) is 7.75. The molecular formula is C22H16N2O2S. The van der Waals surface area contributed by atoms with Gasteiger partial charge in [-0.2, -0.15) is 0 Å². The van der Waals surface area contributed by atoms with Gasteiger partial charge in [-0.3, -0.25) is 14.5 Å². The van der Waals surface area contributed by atoms with E-state index in [9.17, 15) is 9.59 Å². The summed E-state index contributed by atoms with van der Waals surface area (Å²) in [7, 11) is 0. The molecule has 3 aromatic carbocycles. The lowest BCUT2D eigenvalue weighted by atomic mass is 9.98. The molecule has 1 atom stereocenters. The zero-order chi connectivity index (χ0) is 18.4.